The highest BCUT2D eigenvalue weighted by Gasteiger charge is 2.40. The minimum Gasteiger partial charge on any atom is -0.286 e. The Morgan fingerprint density at radius 1 is 1.27 bits per heavy atom. The van der Waals surface area contributed by atoms with Crippen molar-refractivity contribution in [2.24, 2.45) is 0 Å². The zero-order valence-corrected chi connectivity index (χ0v) is 8.34. The molecule has 0 radical (unpaired) electrons. The third-order valence-electron chi connectivity index (χ3n) is 1.53. The summed E-state index contributed by atoms with van der Waals surface area (Å²) in [4.78, 5) is 10.9. The predicted octanol–water partition coefficient (Wildman–Crippen LogP) is 3.63. The van der Waals surface area contributed by atoms with E-state index in [-0.39, 0.29) is 0 Å². The fraction of sp³-hybridized carbons (Fsp3) is 0.125. The second-order valence-electron chi connectivity index (χ2n) is 2.55. The number of carbonyl (C=O) groups excluding carboxylic acids is 1. The minimum absolute atomic E-state index is 0.612. The Morgan fingerprint density at radius 3 is 2.27 bits per heavy atom. The maximum Gasteiger partial charge on any atom is 0.385 e. The van der Waals surface area contributed by atoms with Gasteiger partial charge in [0.25, 0.3) is 5.78 Å². The molecule has 0 unspecified atom stereocenters. The Morgan fingerprint density at radius 2 is 1.80 bits per heavy atom. The van der Waals surface area contributed by atoms with Gasteiger partial charge in [-0.3, -0.25) is 4.79 Å². The molecule has 15 heavy (non-hydrogen) atoms. The van der Waals surface area contributed by atoms with Crippen LogP contribution in [0.2, 0.25) is 5.02 Å². The van der Waals surface area contributed by atoms with Crippen LogP contribution >= 0.6 is 23.2 Å². The first-order chi connectivity index (χ1) is 6.75. The van der Waals surface area contributed by atoms with E-state index in [1.165, 1.54) is 0 Å². The molecule has 0 fully saturated rings. The summed E-state index contributed by atoms with van der Waals surface area (Å²) < 4.78 is 50.3. The summed E-state index contributed by atoms with van der Waals surface area (Å²) >= 11 is 9.67. The van der Waals surface area contributed by atoms with Crippen molar-refractivity contribution in [2.45, 2.75) is 5.38 Å². The zero-order chi connectivity index (χ0) is 11.8. The molecule has 1 aromatic rings. The monoisotopic (exact) mass is 260 g/mol. The van der Waals surface area contributed by atoms with E-state index in [4.69, 9.17) is 11.6 Å². The van der Waals surface area contributed by atoms with Crippen LogP contribution in [-0.4, -0.2) is 11.2 Å². The van der Waals surface area contributed by atoms with E-state index >= 15 is 0 Å². The van der Waals surface area contributed by atoms with Gasteiger partial charge in [-0.2, -0.15) is 8.78 Å². The van der Waals surface area contributed by atoms with Gasteiger partial charge in [0.05, 0.1) is 10.6 Å². The molecule has 1 rings (SSSR count). The van der Waals surface area contributed by atoms with Crippen LogP contribution in [0.3, 0.4) is 0 Å². The van der Waals surface area contributed by atoms with E-state index in [1.54, 1.807) is 0 Å². The number of hydrogen-bond donors (Lipinski definition) is 0. The molecule has 0 atom stereocenters. The third kappa shape index (κ3) is 2.41. The molecule has 0 saturated heterocycles. The number of rotatable bonds is 2. The molecule has 1 aromatic carbocycles. The van der Waals surface area contributed by atoms with E-state index in [0.717, 1.165) is 6.07 Å². The molecule has 0 aliphatic rings. The molecule has 0 saturated carbocycles. The smallest absolute Gasteiger partial charge is 0.286 e. The van der Waals surface area contributed by atoms with E-state index in [2.05, 4.69) is 11.6 Å². The summed E-state index contributed by atoms with van der Waals surface area (Å²) in [6.45, 7) is 0. The molecule has 0 heterocycles. The maximum absolute atomic E-state index is 13.0. The minimum atomic E-state index is -4.32. The first kappa shape index (κ1) is 12.3. The average molecular weight is 261 g/mol. The van der Waals surface area contributed by atoms with Crippen LogP contribution in [0.5, 0.6) is 0 Å². The average Bonchev–Trinajstić information content (AvgIpc) is 2.10. The van der Waals surface area contributed by atoms with Crippen molar-refractivity contribution in [3.05, 3.63) is 34.4 Å². The molecule has 82 valence electrons. The molecule has 0 amide bonds. The van der Waals surface area contributed by atoms with E-state index in [0.29, 0.717) is 6.07 Å². The molecular formula is C8H2Cl2F4O. The van der Waals surface area contributed by atoms with Crippen molar-refractivity contribution >= 4 is 29.0 Å². The molecular weight excluding hydrogens is 259 g/mol. The Bertz CT molecular complexity index is 414. The standard InChI is InChI=1S/C8H2Cl2F4O/c9-3-1-2-4(11)6(12)5(3)7(15)8(10,13)14/h1-2H. The van der Waals surface area contributed by atoms with Crippen LogP contribution < -0.4 is 0 Å². The molecule has 0 aliphatic carbocycles. The second-order valence-corrected chi connectivity index (χ2v) is 3.43. The highest BCUT2D eigenvalue weighted by molar-refractivity contribution is 6.39. The highest BCUT2D eigenvalue weighted by Crippen LogP contribution is 2.30. The first-order valence-electron chi connectivity index (χ1n) is 3.50. The Kier molecular flexibility index (Phi) is 3.25. The number of ketones is 1. The highest BCUT2D eigenvalue weighted by atomic mass is 35.5. The second kappa shape index (κ2) is 3.98. The molecule has 0 aliphatic heterocycles. The van der Waals surface area contributed by atoms with Crippen LogP contribution in [-0.2, 0) is 0 Å². The van der Waals surface area contributed by atoms with Gasteiger partial charge in [-0.1, -0.05) is 11.6 Å². The lowest BCUT2D eigenvalue weighted by atomic mass is 10.1. The fourth-order valence-corrected chi connectivity index (χ4v) is 1.20. The van der Waals surface area contributed by atoms with E-state index in [9.17, 15) is 22.4 Å². The molecule has 0 N–H and O–H groups in total. The lowest BCUT2D eigenvalue weighted by Gasteiger charge is -2.09. The lowest BCUT2D eigenvalue weighted by molar-refractivity contribution is 0.0531. The number of carbonyl (C=O) groups is 1. The fourth-order valence-electron chi connectivity index (χ4n) is 0.877. The molecule has 0 aromatic heterocycles. The van der Waals surface area contributed by atoms with Gasteiger partial charge in [0, 0.05) is 0 Å². The number of hydrogen-bond acceptors (Lipinski definition) is 1. The summed E-state index contributed by atoms with van der Waals surface area (Å²) in [5.41, 5.74) is -1.25. The van der Waals surface area contributed by atoms with E-state index in [1.807, 2.05) is 0 Å². The van der Waals surface area contributed by atoms with Crippen molar-refractivity contribution in [1.82, 2.24) is 0 Å². The summed E-state index contributed by atoms with van der Waals surface area (Å²) in [5.74, 6) is -5.28. The third-order valence-corrected chi connectivity index (χ3v) is 2.02. The van der Waals surface area contributed by atoms with Gasteiger partial charge in [0.15, 0.2) is 11.6 Å². The maximum atomic E-state index is 13.0. The van der Waals surface area contributed by atoms with Crippen molar-refractivity contribution in [1.29, 1.82) is 0 Å². The van der Waals surface area contributed by atoms with Gasteiger partial charge in [0.2, 0.25) is 0 Å². The molecule has 0 spiro atoms. The number of halogens is 6. The van der Waals surface area contributed by atoms with Gasteiger partial charge in [-0.25, -0.2) is 8.78 Å². The van der Waals surface area contributed by atoms with Crippen LogP contribution in [0.1, 0.15) is 10.4 Å². The molecule has 7 heteroatoms. The van der Waals surface area contributed by atoms with Crippen molar-refractivity contribution < 1.29 is 22.4 Å². The number of Topliss-reactive ketones (excluding diaryl/α,β-unsaturated/α-hetero) is 1. The van der Waals surface area contributed by atoms with Gasteiger partial charge < -0.3 is 0 Å². The topological polar surface area (TPSA) is 17.1 Å². The Balaban J connectivity index is 3.38. The van der Waals surface area contributed by atoms with Gasteiger partial charge in [0.1, 0.15) is 0 Å². The number of alkyl halides is 3. The largest absolute Gasteiger partial charge is 0.385 e. The summed E-state index contributed by atoms with van der Waals surface area (Å²) in [7, 11) is 0. The first-order valence-corrected chi connectivity index (χ1v) is 4.25. The summed E-state index contributed by atoms with van der Waals surface area (Å²) in [6.07, 6.45) is 0. The van der Waals surface area contributed by atoms with Crippen LogP contribution in [0.25, 0.3) is 0 Å². The van der Waals surface area contributed by atoms with Crippen molar-refractivity contribution in [2.75, 3.05) is 0 Å². The van der Waals surface area contributed by atoms with Gasteiger partial charge in [-0.05, 0) is 23.7 Å². The van der Waals surface area contributed by atoms with Crippen molar-refractivity contribution in [3.8, 4) is 0 Å². The van der Waals surface area contributed by atoms with Crippen LogP contribution in [0, 0.1) is 11.6 Å². The summed E-state index contributed by atoms with van der Waals surface area (Å²) in [5, 5.41) is -4.95. The van der Waals surface area contributed by atoms with Gasteiger partial charge in [-0.15, -0.1) is 0 Å². The van der Waals surface area contributed by atoms with Crippen LogP contribution in [0.15, 0.2) is 12.1 Å². The quantitative estimate of drug-likeness (QED) is 0.344. The van der Waals surface area contributed by atoms with E-state index < -0.39 is 33.4 Å². The van der Waals surface area contributed by atoms with Gasteiger partial charge >= 0.3 is 5.38 Å². The summed E-state index contributed by atoms with van der Waals surface area (Å²) in [6, 6.07) is 1.40. The SMILES string of the molecule is O=C(c1c(Cl)ccc(F)c1F)C(F)(F)Cl. The normalized spacial score (nSPS) is 11.6. The van der Waals surface area contributed by atoms with Crippen molar-refractivity contribution in [3.63, 3.8) is 0 Å². The van der Waals surface area contributed by atoms with Crippen LogP contribution in [0.4, 0.5) is 17.6 Å². The Hall–Kier alpha value is -0.810. The molecule has 0 bridgehead atoms. The Labute approximate surface area is 91.6 Å². The predicted molar refractivity (Wildman–Crippen MR) is 46.5 cm³/mol. The zero-order valence-electron chi connectivity index (χ0n) is 6.83. The molecule has 1 nitrogen and oxygen atoms in total. The lowest BCUT2D eigenvalue weighted by Crippen LogP contribution is -2.23. The number of benzene rings is 1.